The zero-order valence-electron chi connectivity index (χ0n) is 13.7. The molecule has 23 heavy (non-hydrogen) atoms. The fourth-order valence-corrected chi connectivity index (χ4v) is 3.53. The lowest BCUT2D eigenvalue weighted by atomic mass is 9.98. The molecule has 0 radical (unpaired) electrons. The van der Waals surface area contributed by atoms with Gasteiger partial charge in [0.05, 0.1) is 10.5 Å². The predicted octanol–water partition coefficient (Wildman–Crippen LogP) is 5.39. The molecule has 1 aromatic heterocycles. The van der Waals surface area contributed by atoms with Gasteiger partial charge in [0, 0.05) is 11.1 Å². The number of benzene rings is 2. The van der Waals surface area contributed by atoms with E-state index in [1.807, 2.05) is 12.1 Å². The van der Waals surface area contributed by atoms with Gasteiger partial charge >= 0.3 is 0 Å². The molecule has 0 atom stereocenters. The third kappa shape index (κ3) is 3.29. The lowest BCUT2D eigenvalue weighted by Crippen LogP contribution is -1.99. The van der Waals surface area contributed by atoms with Gasteiger partial charge in [-0.2, -0.15) is 0 Å². The maximum atomic E-state index is 6.40. The molecule has 0 saturated heterocycles. The van der Waals surface area contributed by atoms with Gasteiger partial charge < -0.3 is 10.7 Å². The Morgan fingerprint density at radius 3 is 2.48 bits per heavy atom. The second kappa shape index (κ2) is 6.77. The summed E-state index contributed by atoms with van der Waals surface area (Å²) in [7, 11) is 0. The van der Waals surface area contributed by atoms with Crippen LogP contribution in [0.5, 0.6) is 0 Å². The number of H-pyrrole nitrogens is 1. The van der Waals surface area contributed by atoms with Crippen molar-refractivity contribution < 1.29 is 0 Å². The number of nitrogens with one attached hydrogen (secondary N) is 1. The second-order valence-electron chi connectivity index (χ2n) is 6.26. The van der Waals surface area contributed by atoms with Gasteiger partial charge in [0.15, 0.2) is 0 Å². The van der Waals surface area contributed by atoms with E-state index in [2.05, 4.69) is 43.1 Å². The van der Waals surface area contributed by atoms with Gasteiger partial charge in [0.2, 0.25) is 0 Å². The van der Waals surface area contributed by atoms with Crippen molar-refractivity contribution in [3.63, 3.8) is 0 Å². The summed E-state index contributed by atoms with van der Waals surface area (Å²) in [5, 5.41) is 2.00. The van der Waals surface area contributed by atoms with Crippen molar-refractivity contribution in [2.75, 3.05) is 6.54 Å². The van der Waals surface area contributed by atoms with E-state index in [1.54, 1.807) is 0 Å². The molecule has 0 amide bonds. The Hall–Kier alpha value is -1.77. The smallest absolute Gasteiger partial charge is 0.0651 e. The van der Waals surface area contributed by atoms with Gasteiger partial charge in [-0.05, 0) is 69.0 Å². The van der Waals surface area contributed by atoms with Gasteiger partial charge in [-0.3, -0.25) is 0 Å². The second-order valence-corrected chi connectivity index (χ2v) is 6.67. The molecule has 1 heterocycles. The van der Waals surface area contributed by atoms with Crippen molar-refractivity contribution in [2.24, 2.45) is 5.73 Å². The van der Waals surface area contributed by atoms with Crippen LogP contribution in [-0.4, -0.2) is 11.5 Å². The van der Waals surface area contributed by atoms with Crippen molar-refractivity contribution in [3.8, 4) is 11.3 Å². The standard InChI is InChI=1S/C20H23ClN2/c1-13-10-14(2)12-15(11-13)19-16(6-3-4-9-22)17-7-5-8-18(21)20(17)23-19/h5,7-8,10-12,23H,3-4,6,9,22H2,1-2H3. The zero-order chi connectivity index (χ0) is 16.4. The maximum Gasteiger partial charge on any atom is 0.0651 e. The summed E-state index contributed by atoms with van der Waals surface area (Å²) in [5.74, 6) is 0. The molecule has 0 aliphatic heterocycles. The van der Waals surface area contributed by atoms with Crippen LogP contribution in [0.25, 0.3) is 22.2 Å². The Labute approximate surface area is 142 Å². The lowest BCUT2D eigenvalue weighted by molar-refractivity contribution is 0.748. The van der Waals surface area contributed by atoms with Crippen LogP contribution < -0.4 is 5.73 Å². The minimum Gasteiger partial charge on any atom is -0.353 e. The first-order valence-electron chi connectivity index (χ1n) is 8.18. The van der Waals surface area contributed by atoms with Crippen molar-refractivity contribution in [1.82, 2.24) is 4.98 Å². The molecular weight excluding hydrogens is 304 g/mol. The highest BCUT2D eigenvalue weighted by atomic mass is 35.5. The van der Waals surface area contributed by atoms with Crippen molar-refractivity contribution in [3.05, 3.63) is 58.1 Å². The molecule has 3 N–H and O–H groups in total. The topological polar surface area (TPSA) is 41.8 Å². The van der Waals surface area contributed by atoms with Crippen LogP contribution in [0.15, 0.2) is 36.4 Å². The number of aryl methyl sites for hydroxylation is 3. The van der Waals surface area contributed by atoms with E-state index in [9.17, 15) is 0 Å². The summed E-state index contributed by atoms with van der Waals surface area (Å²) >= 11 is 6.40. The summed E-state index contributed by atoms with van der Waals surface area (Å²) in [6.07, 6.45) is 3.15. The zero-order valence-corrected chi connectivity index (χ0v) is 14.5. The van der Waals surface area contributed by atoms with Crippen LogP contribution in [0.3, 0.4) is 0 Å². The lowest BCUT2D eigenvalue weighted by Gasteiger charge is -2.07. The molecule has 0 aliphatic rings. The van der Waals surface area contributed by atoms with E-state index in [0.717, 1.165) is 36.3 Å². The van der Waals surface area contributed by atoms with E-state index in [0.29, 0.717) is 0 Å². The summed E-state index contributed by atoms with van der Waals surface area (Å²) < 4.78 is 0. The first kappa shape index (κ1) is 16.1. The van der Waals surface area contributed by atoms with Crippen molar-refractivity contribution >= 4 is 22.5 Å². The summed E-state index contributed by atoms with van der Waals surface area (Å²) in [6, 6.07) is 12.8. The number of fused-ring (bicyclic) bond motifs is 1. The van der Waals surface area contributed by atoms with Crippen LogP contribution in [0, 0.1) is 13.8 Å². The first-order chi connectivity index (χ1) is 11.1. The number of unbranched alkanes of at least 4 members (excludes halogenated alkanes) is 1. The number of para-hydroxylation sites is 1. The molecule has 0 saturated carbocycles. The monoisotopic (exact) mass is 326 g/mol. The van der Waals surface area contributed by atoms with E-state index in [-0.39, 0.29) is 0 Å². The minimum atomic E-state index is 0.738. The van der Waals surface area contributed by atoms with Gasteiger partial charge in [-0.1, -0.05) is 40.9 Å². The van der Waals surface area contributed by atoms with Crippen LogP contribution in [-0.2, 0) is 6.42 Å². The predicted molar refractivity (Wildman–Crippen MR) is 100 cm³/mol. The third-order valence-corrected chi connectivity index (χ3v) is 4.60. The minimum absolute atomic E-state index is 0.738. The largest absolute Gasteiger partial charge is 0.353 e. The van der Waals surface area contributed by atoms with Crippen molar-refractivity contribution in [2.45, 2.75) is 33.1 Å². The average molecular weight is 327 g/mol. The molecule has 2 nitrogen and oxygen atoms in total. The Morgan fingerprint density at radius 1 is 1.04 bits per heavy atom. The van der Waals surface area contributed by atoms with Gasteiger partial charge in [0.25, 0.3) is 0 Å². The SMILES string of the molecule is Cc1cc(C)cc(-c2[nH]c3c(Cl)cccc3c2CCCCN)c1. The average Bonchev–Trinajstić information content (AvgIpc) is 2.87. The number of hydrogen-bond acceptors (Lipinski definition) is 1. The van der Waals surface area contributed by atoms with Gasteiger partial charge in [-0.25, -0.2) is 0 Å². The first-order valence-corrected chi connectivity index (χ1v) is 8.55. The Bertz CT molecular complexity index is 813. The number of aromatic amines is 1. The van der Waals surface area contributed by atoms with Gasteiger partial charge in [-0.15, -0.1) is 0 Å². The van der Waals surface area contributed by atoms with Crippen LogP contribution in [0.1, 0.15) is 29.5 Å². The molecular formula is C20H23ClN2. The van der Waals surface area contributed by atoms with Gasteiger partial charge in [0.1, 0.15) is 0 Å². The maximum absolute atomic E-state index is 6.40. The number of hydrogen-bond donors (Lipinski definition) is 2. The molecule has 3 aromatic rings. The molecule has 3 rings (SSSR count). The third-order valence-electron chi connectivity index (χ3n) is 4.28. The fourth-order valence-electron chi connectivity index (χ4n) is 3.31. The van der Waals surface area contributed by atoms with Crippen LogP contribution in [0.4, 0.5) is 0 Å². The number of halogens is 1. The Morgan fingerprint density at radius 2 is 1.78 bits per heavy atom. The molecule has 0 aliphatic carbocycles. The normalized spacial score (nSPS) is 11.3. The highest BCUT2D eigenvalue weighted by Gasteiger charge is 2.15. The van der Waals surface area contributed by atoms with E-state index >= 15 is 0 Å². The Kier molecular flexibility index (Phi) is 4.74. The van der Waals surface area contributed by atoms with E-state index in [4.69, 9.17) is 17.3 Å². The Balaban J connectivity index is 2.17. The molecule has 3 heteroatoms. The summed E-state index contributed by atoms with van der Waals surface area (Å²) in [4.78, 5) is 3.57. The summed E-state index contributed by atoms with van der Waals surface area (Å²) in [6.45, 7) is 5.02. The molecule has 120 valence electrons. The number of nitrogens with two attached hydrogens (primary N) is 1. The van der Waals surface area contributed by atoms with E-state index < -0.39 is 0 Å². The van der Waals surface area contributed by atoms with Crippen LogP contribution >= 0.6 is 11.6 Å². The molecule has 0 fully saturated rings. The van der Waals surface area contributed by atoms with E-state index in [1.165, 1.54) is 33.3 Å². The highest BCUT2D eigenvalue weighted by molar-refractivity contribution is 6.35. The quantitative estimate of drug-likeness (QED) is 0.607. The molecule has 0 spiro atoms. The molecule has 2 aromatic carbocycles. The number of aromatic nitrogens is 1. The van der Waals surface area contributed by atoms with Crippen molar-refractivity contribution in [1.29, 1.82) is 0 Å². The number of rotatable bonds is 5. The highest BCUT2D eigenvalue weighted by Crippen LogP contribution is 2.35. The van der Waals surface area contributed by atoms with Crippen LogP contribution in [0.2, 0.25) is 5.02 Å². The summed E-state index contributed by atoms with van der Waals surface area (Å²) in [5.41, 5.74) is 13.0. The molecule has 0 bridgehead atoms. The fraction of sp³-hybridized carbons (Fsp3) is 0.300. The molecule has 0 unspecified atom stereocenters.